The number of aromatic nitrogens is 2. The van der Waals surface area contributed by atoms with E-state index in [-0.39, 0.29) is 12.6 Å². The van der Waals surface area contributed by atoms with Crippen molar-refractivity contribution in [2.75, 3.05) is 11.4 Å². The first kappa shape index (κ1) is 14.4. The van der Waals surface area contributed by atoms with Crippen molar-refractivity contribution in [3.8, 4) is 0 Å². The summed E-state index contributed by atoms with van der Waals surface area (Å²) in [6, 6.07) is 1.98. The Morgan fingerprint density at radius 2 is 1.94 bits per heavy atom. The maximum Gasteiger partial charge on any atom is 0.323 e. The Morgan fingerprint density at radius 1 is 1.33 bits per heavy atom. The van der Waals surface area contributed by atoms with Gasteiger partial charge in [0.25, 0.3) is 0 Å². The van der Waals surface area contributed by atoms with Crippen molar-refractivity contribution in [3.63, 3.8) is 0 Å². The van der Waals surface area contributed by atoms with Gasteiger partial charge in [-0.1, -0.05) is 13.8 Å². The topological polar surface area (TPSA) is 66.3 Å². The van der Waals surface area contributed by atoms with Crippen LogP contribution in [-0.4, -0.2) is 33.6 Å². The van der Waals surface area contributed by atoms with Crippen LogP contribution < -0.4 is 4.90 Å². The SMILES string of the molecule is Cc1cc(C(C)C)nc(N(CC(=O)O)C(C)C)n1. The van der Waals surface area contributed by atoms with E-state index in [4.69, 9.17) is 5.11 Å². The third-order valence-corrected chi connectivity index (χ3v) is 2.64. The molecule has 1 aromatic heterocycles. The second-order valence-corrected chi connectivity index (χ2v) is 5.00. The summed E-state index contributed by atoms with van der Waals surface area (Å²) in [6.07, 6.45) is 0. The van der Waals surface area contributed by atoms with Crippen molar-refractivity contribution < 1.29 is 9.90 Å². The molecular weight excluding hydrogens is 230 g/mol. The molecule has 1 rings (SSSR count). The lowest BCUT2D eigenvalue weighted by atomic mass is 10.1. The quantitative estimate of drug-likeness (QED) is 0.869. The molecule has 0 unspecified atom stereocenters. The fourth-order valence-electron chi connectivity index (χ4n) is 1.63. The molecule has 0 aliphatic carbocycles. The van der Waals surface area contributed by atoms with Gasteiger partial charge in [0.1, 0.15) is 6.54 Å². The molecule has 0 fully saturated rings. The van der Waals surface area contributed by atoms with Crippen LogP contribution in [-0.2, 0) is 4.79 Å². The summed E-state index contributed by atoms with van der Waals surface area (Å²) in [5.74, 6) is -0.0831. The number of aliphatic carboxylic acids is 1. The standard InChI is InChI=1S/C13H21N3O2/c1-8(2)11-6-10(5)14-13(15-11)16(9(3)4)7-12(17)18/h6,8-9H,7H2,1-5H3,(H,17,18). The molecule has 0 aliphatic rings. The van der Waals surface area contributed by atoms with Crippen molar-refractivity contribution in [1.29, 1.82) is 0 Å². The van der Waals surface area contributed by atoms with Crippen LogP contribution >= 0.6 is 0 Å². The van der Waals surface area contributed by atoms with E-state index in [9.17, 15) is 4.79 Å². The summed E-state index contributed by atoms with van der Waals surface area (Å²) >= 11 is 0. The number of hydrogen-bond acceptors (Lipinski definition) is 4. The smallest absolute Gasteiger partial charge is 0.323 e. The minimum atomic E-state index is -0.875. The highest BCUT2D eigenvalue weighted by Crippen LogP contribution is 2.18. The van der Waals surface area contributed by atoms with Crippen LogP contribution in [0.4, 0.5) is 5.95 Å². The van der Waals surface area contributed by atoms with Gasteiger partial charge in [-0.15, -0.1) is 0 Å². The molecule has 0 aromatic carbocycles. The van der Waals surface area contributed by atoms with Gasteiger partial charge in [0.05, 0.1) is 0 Å². The predicted octanol–water partition coefficient (Wildman–Crippen LogP) is 2.21. The molecule has 1 N–H and O–H groups in total. The van der Waals surface area contributed by atoms with E-state index in [1.807, 2.05) is 26.8 Å². The van der Waals surface area contributed by atoms with Crippen molar-refractivity contribution >= 4 is 11.9 Å². The monoisotopic (exact) mass is 251 g/mol. The normalized spacial score (nSPS) is 11.1. The van der Waals surface area contributed by atoms with Gasteiger partial charge in [0, 0.05) is 17.4 Å². The highest BCUT2D eigenvalue weighted by atomic mass is 16.4. The Balaban J connectivity index is 3.15. The van der Waals surface area contributed by atoms with Crippen LogP contribution in [0.15, 0.2) is 6.07 Å². The third kappa shape index (κ3) is 3.68. The molecule has 5 nitrogen and oxygen atoms in total. The summed E-state index contributed by atoms with van der Waals surface area (Å²) < 4.78 is 0. The average molecular weight is 251 g/mol. The second kappa shape index (κ2) is 5.80. The number of aryl methyl sites for hydroxylation is 1. The van der Waals surface area contributed by atoms with Crippen LogP contribution in [0, 0.1) is 6.92 Å². The highest BCUT2D eigenvalue weighted by Gasteiger charge is 2.18. The summed E-state index contributed by atoms with van der Waals surface area (Å²) in [4.78, 5) is 21.4. The van der Waals surface area contributed by atoms with E-state index in [0.717, 1.165) is 11.4 Å². The third-order valence-electron chi connectivity index (χ3n) is 2.64. The molecule has 0 spiro atoms. The first-order chi connectivity index (χ1) is 8.31. The maximum atomic E-state index is 10.9. The number of carboxylic acid groups (broad SMARTS) is 1. The van der Waals surface area contributed by atoms with E-state index in [2.05, 4.69) is 23.8 Å². The van der Waals surface area contributed by atoms with Gasteiger partial charge in [-0.2, -0.15) is 0 Å². The van der Waals surface area contributed by atoms with Crippen molar-refractivity contribution in [3.05, 3.63) is 17.5 Å². The molecule has 100 valence electrons. The molecule has 18 heavy (non-hydrogen) atoms. The minimum absolute atomic E-state index is 0.0444. The Hall–Kier alpha value is -1.65. The van der Waals surface area contributed by atoms with Crippen molar-refractivity contribution in [2.45, 2.75) is 46.6 Å². The molecule has 1 heterocycles. The Labute approximate surface area is 108 Å². The highest BCUT2D eigenvalue weighted by molar-refractivity contribution is 5.72. The zero-order chi connectivity index (χ0) is 13.9. The molecule has 0 radical (unpaired) electrons. The first-order valence-corrected chi connectivity index (χ1v) is 6.15. The van der Waals surface area contributed by atoms with Crippen LogP contribution in [0.3, 0.4) is 0 Å². The van der Waals surface area contributed by atoms with Gasteiger partial charge >= 0.3 is 5.97 Å². The van der Waals surface area contributed by atoms with Crippen molar-refractivity contribution in [1.82, 2.24) is 9.97 Å². The summed E-state index contributed by atoms with van der Waals surface area (Å²) in [6.45, 7) is 9.80. The number of carbonyl (C=O) groups is 1. The Bertz CT molecular complexity index is 430. The van der Waals surface area contributed by atoms with E-state index in [1.54, 1.807) is 4.90 Å². The van der Waals surface area contributed by atoms with Gasteiger partial charge in [-0.25, -0.2) is 9.97 Å². The summed E-state index contributed by atoms with van der Waals surface area (Å²) in [5, 5.41) is 8.94. The molecule has 0 aliphatic heterocycles. The molecule has 0 amide bonds. The lowest BCUT2D eigenvalue weighted by Gasteiger charge is -2.25. The number of anilines is 1. The Morgan fingerprint density at radius 3 is 2.39 bits per heavy atom. The van der Waals surface area contributed by atoms with Crippen LogP contribution in [0.1, 0.15) is 45.0 Å². The van der Waals surface area contributed by atoms with Gasteiger partial charge < -0.3 is 10.0 Å². The first-order valence-electron chi connectivity index (χ1n) is 6.15. The largest absolute Gasteiger partial charge is 0.480 e. The molecule has 0 saturated carbocycles. The Kier molecular flexibility index (Phi) is 4.64. The van der Waals surface area contributed by atoms with E-state index < -0.39 is 5.97 Å². The molecule has 5 heteroatoms. The lowest BCUT2D eigenvalue weighted by Crippen LogP contribution is -2.37. The molecule has 0 saturated heterocycles. The van der Waals surface area contributed by atoms with Crippen molar-refractivity contribution in [2.24, 2.45) is 0 Å². The fraction of sp³-hybridized carbons (Fsp3) is 0.615. The number of rotatable bonds is 5. The predicted molar refractivity (Wildman–Crippen MR) is 71.0 cm³/mol. The van der Waals surface area contributed by atoms with Gasteiger partial charge in [-0.3, -0.25) is 4.79 Å². The van der Waals surface area contributed by atoms with Crippen LogP contribution in [0.2, 0.25) is 0 Å². The van der Waals surface area contributed by atoms with E-state index >= 15 is 0 Å². The number of hydrogen-bond donors (Lipinski definition) is 1. The minimum Gasteiger partial charge on any atom is -0.480 e. The molecule has 0 bridgehead atoms. The van der Waals surface area contributed by atoms with Crippen LogP contribution in [0.5, 0.6) is 0 Å². The van der Waals surface area contributed by atoms with E-state index in [0.29, 0.717) is 11.9 Å². The second-order valence-electron chi connectivity index (χ2n) is 5.00. The van der Waals surface area contributed by atoms with Crippen LogP contribution in [0.25, 0.3) is 0 Å². The average Bonchev–Trinajstić information content (AvgIpc) is 2.24. The maximum absolute atomic E-state index is 10.9. The fourth-order valence-corrected chi connectivity index (χ4v) is 1.63. The van der Waals surface area contributed by atoms with Gasteiger partial charge in [-0.05, 0) is 32.8 Å². The molecule has 0 atom stereocenters. The molecular formula is C13H21N3O2. The lowest BCUT2D eigenvalue weighted by molar-refractivity contribution is -0.135. The van der Waals surface area contributed by atoms with E-state index in [1.165, 1.54) is 0 Å². The summed E-state index contributed by atoms with van der Waals surface area (Å²) in [7, 11) is 0. The summed E-state index contributed by atoms with van der Waals surface area (Å²) in [5.41, 5.74) is 1.80. The number of carboxylic acids is 1. The number of nitrogens with zero attached hydrogens (tertiary/aromatic N) is 3. The van der Waals surface area contributed by atoms with Gasteiger partial charge in [0.15, 0.2) is 0 Å². The van der Waals surface area contributed by atoms with Gasteiger partial charge in [0.2, 0.25) is 5.95 Å². The molecule has 1 aromatic rings. The zero-order valence-electron chi connectivity index (χ0n) is 11.6. The zero-order valence-corrected chi connectivity index (χ0v) is 11.6.